The Balaban J connectivity index is 1.63. The van der Waals surface area contributed by atoms with Gasteiger partial charge in [-0.2, -0.15) is 0 Å². The van der Waals surface area contributed by atoms with Gasteiger partial charge in [-0.1, -0.05) is 6.07 Å². The summed E-state index contributed by atoms with van der Waals surface area (Å²) < 4.78 is 5.37. The number of nitrogens with one attached hydrogen (secondary N) is 2. The van der Waals surface area contributed by atoms with Crippen LogP contribution in [0.25, 0.3) is 0 Å². The summed E-state index contributed by atoms with van der Waals surface area (Å²) in [5, 5.41) is 5.55. The van der Waals surface area contributed by atoms with E-state index in [0.29, 0.717) is 24.4 Å². The van der Waals surface area contributed by atoms with Gasteiger partial charge in [0.05, 0.1) is 6.61 Å². The van der Waals surface area contributed by atoms with E-state index in [9.17, 15) is 9.59 Å². The Morgan fingerprint density at radius 1 is 1.04 bits per heavy atom. The van der Waals surface area contributed by atoms with Crippen LogP contribution >= 0.6 is 0 Å². The number of nitrogens with zero attached hydrogens (tertiary/aromatic N) is 2. The fourth-order valence-corrected chi connectivity index (χ4v) is 2.48. The molecule has 0 unspecified atom stereocenters. The molecule has 3 aromatic rings. The summed E-state index contributed by atoms with van der Waals surface area (Å²) in [6, 6.07) is 13.7. The highest BCUT2D eigenvalue weighted by Crippen LogP contribution is 2.16. The molecule has 0 aliphatic rings. The summed E-state index contributed by atoms with van der Waals surface area (Å²) in [4.78, 5) is 32.8. The van der Waals surface area contributed by atoms with Crippen LogP contribution in [-0.2, 0) is 6.54 Å². The normalized spacial score (nSPS) is 10.2. The van der Waals surface area contributed by atoms with Crippen LogP contribution in [0.2, 0.25) is 0 Å². The molecule has 0 atom stereocenters. The molecule has 0 radical (unpaired) electrons. The van der Waals surface area contributed by atoms with Crippen LogP contribution < -0.4 is 15.4 Å². The van der Waals surface area contributed by atoms with Gasteiger partial charge >= 0.3 is 0 Å². The lowest BCUT2D eigenvalue weighted by atomic mass is 10.2. The number of anilines is 1. The van der Waals surface area contributed by atoms with Gasteiger partial charge in [0.1, 0.15) is 11.4 Å². The van der Waals surface area contributed by atoms with Crippen LogP contribution in [0.1, 0.15) is 33.3 Å². The number of hydrogen-bond donors (Lipinski definition) is 2. The predicted octanol–water partition coefficient (Wildman–Crippen LogP) is 3.06. The first-order chi connectivity index (χ1) is 13.7. The molecule has 0 fully saturated rings. The number of ether oxygens (including phenoxy) is 1. The number of aromatic nitrogens is 2. The van der Waals surface area contributed by atoms with E-state index in [1.807, 2.05) is 13.0 Å². The number of benzene rings is 1. The lowest BCUT2D eigenvalue weighted by Crippen LogP contribution is -2.23. The first-order valence-corrected chi connectivity index (χ1v) is 8.83. The SMILES string of the molecule is CCOc1ccc(NC(=O)c2cc(C(=O)NCc3cccnc3)ccn2)cc1. The molecule has 2 amide bonds. The zero-order chi connectivity index (χ0) is 19.8. The second-order valence-corrected chi connectivity index (χ2v) is 5.89. The second kappa shape index (κ2) is 9.27. The Morgan fingerprint density at radius 2 is 1.86 bits per heavy atom. The summed E-state index contributed by atoms with van der Waals surface area (Å²) in [5.74, 6) is 0.0401. The Kier molecular flexibility index (Phi) is 6.30. The van der Waals surface area contributed by atoms with Gasteiger partial charge in [-0.05, 0) is 55.0 Å². The van der Waals surface area contributed by atoms with Crippen molar-refractivity contribution in [3.63, 3.8) is 0 Å². The zero-order valence-electron chi connectivity index (χ0n) is 15.4. The minimum atomic E-state index is -0.397. The molecule has 7 heteroatoms. The molecule has 0 aliphatic carbocycles. The van der Waals surface area contributed by atoms with Crippen molar-refractivity contribution in [2.45, 2.75) is 13.5 Å². The molecule has 142 valence electrons. The molecule has 2 aromatic heterocycles. The van der Waals surface area contributed by atoms with Crippen molar-refractivity contribution in [2.24, 2.45) is 0 Å². The van der Waals surface area contributed by atoms with Crippen molar-refractivity contribution in [3.05, 3.63) is 83.9 Å². The number of amides is 2. The number of hydrogen-bond acceptors (Lipinski definition) is 5. The molecule has 0 saturated heterocycles. The molecule has 28 heavy (non-hydrogen) atoms. The van der Waals surface area contributed by atoms with Crippen LogP contribution in [-0.4, -0.2) is 28.4 Å². The fourth-order valence-electron chi connectivity index (χ4n) is 2.48. The van der Waals surface area contributed by atoms with Gasteiger partial charge in [0.25, 0.3) is 11.8 Å². The van der Waals surface area contributed by atoms with Crippen molar-refractivity contribution in [1.82, 2.24) is 15.3 Å². The van der Waals surface area contributed by atoms with E-state index in [2.05, 4.69) is 20.6 Å². The highest BCUT2D eigenvalue weighted by Gasteiger charge is 2.12. The van der Waals surface area contributed by atoms with Crippen LogP contribution in [0.5, 0.6) is 5.75 Å². The van der Waals surface area contributed by atoms with Crippen molar-refractivity contribution in [3.8, 4) is 5.75 Å². The van der Waals surface area contributed by atoms with E-state index >= 15 is 0 Å². The van der Waals surface area contributed by atoms with Gasteiger partial charge < -0.3 is 15.4 Å². The van der Waals surface area contributed by atoms with Gasteiger partial charge in [0.2, 0.25) is 0 Å². The van der Waals surface area contributed by atoms with Gasteiger partial charge in [-0.3, -0.25) is 19.6 Å². The largest absolute Gasteiger partial charge is 0.494 e. The number of carbonyl (C=O) groups is 2. The molecular weight excluding hydrogens is 356 g/mol. The van der Waals surface area contributed by atoms with E-state index in [1.54, 1.807) is 48.8 Å². The van der Waals surface area contributed by atoms with Crippen LogP contribution in [0.3, 0.4) is 0 Å². The first kappa shape index (κ1) is 19.0. The highest BCUT2D eigenvalue weighted by molar-refractivity contribution is 6.04. The lowest BCUT2D eigenvalue weighted by molar-refractivity contribution is 0.0950. The van der Waals surface area contributed by atoms with Crippen LogP contribution in [0.4, 0.5) is 5.69 Å². The Morgan fingerprint density at radius 3 is 2.57 bits per heavy atom. The minimum absolute atomic E-state index is 0.155. The summed E-state index contributed by atoms with van der Waals surface area (Å²) in [7, 11) is 0. The van der Waals surface area contributed by atoms with E-state index in [-0.39, 0.29) is 11.6 Å². The quantitative estimate of drug-likeness (QED) is 0.661. The zero-order valence-corrected chi connectivity index (χ0v) is 15.4. The summed E-state index contributed by atoms with van der Waals surface area (Å²) in [5.41, 5.74) is 2.01. The maximum Gasteiger partial charge on any atom is 0.274 e. The Labute approximate surface area is 162 Å². The third kappa shape index (κ3) is 5.14. The van der Waals surface area contributed by atoms with Crippen LogP contribution in [0.15, 0.2) is 67.1 Å². The average Bonchev–Trinajstić information content (AvgIpc) is 2.74. The summed E-state index contributed by atoms with van der Waals surface area (Å²) >= 11 is 0. The monoisotopic (exact) mass is 376 g/mol. The van der Waals surface area contributed by atoms with E-state index in [1.165, 1.54) is 12.3 Å². The maximum atomic E-state index is 12.4. The molecule has 7 nitrogen and oxygen atoms in total. The van der Waals surface area contributed by atoms with E-state index < -0.39 is 5.91 Å². The molecule has 3 rings (SSSR count). The van der Waals surface area contributed by atoms with Gasteiger partial charge in [-0.25, -0.2) is 0 Å². The third-order valence-electron chi connectivity index (χ3n) is 3.85. The first-order valence-electron chi connectivity index (χ1n) is 8.83. The Hall–Kier alpha value is -3.74. The molecule has 2 N–H and O–H groups in total. The predicted molar refractivity (Wildman–Crippen MR) is 105 cm³/mol. The lowest BCUT2D eigenvalue weighted by Gasteiger charge is -2.08. The molecule has 1 aromatic carbocycles. The highest BCUT2D eigenvalue weighted by atomic mass is 16.5. The van der Waals surface area contributed by atoms with Crippen molar-refractivity contribution in [1.29, 1.82) is 0 Å². The van der Waals surface area contributed by atoms with E-state index in [0.717, 1.165) is 11.3 Å². The molecular formula is C21H20N4O3. The maximum absolute atomic E-state index is 12.4. The van der Waals surface area contributed by atoms with Gasteiger partial charge in [-0.15, -0.1) is 0 Å². The standard InChI is InChI=1S/C21H20N4O3/c1-2-28-18-7-5-17(6-8-18)25-21(27)19-12-16(9-11-23-19)20(26)24-14-15-4-3-10-22-13-15/h3-13H,2,14H2,1H3,(H,24,26)(H,25,27). The molecule has 0 saturated carbocycles. The number of carbonyl (C=O) groups excluding carboxylic acids is 2. The molecule has 0 bridgehead atoms. The molecule has 0 spiro atoms. The topological polar surface area (TPSA) is 93.2 Å². The van der Waals surface area contributed by atoms with Gasteiger partial charge in [0, 0.05) is 36.4 Å². The summed E-state index contributed by atoms with van der Waals surface area (Å²) in [6.07, 6.45) is 4.79. The third-order valence-corrected chi connectivity index (χ3v) is 3.85. The number of rotatable bonds is 7. The van der Waals surface area contributed by atoms with Crippen LogP contribution in [0, 0.1) is 0 Å². The molecule has 0 aliphatic heterocycles. The van der Waals surface area contributed by atoms with Crippen molar-refractivity contribution >= 4 is 17.5 Å². The second-order valence-electron chi connectivity index (χ2n) is 5.89. The fraction of sp³-hybridized carbons (Fsp3) is 0.143. The number of pyridine rings is 2. The van der Waals surface area contributed by atoms with Crippen molar-refractivity contribution in [2.75, 3.05) is 11.9 Å². The minimum Gasteiger partial charge on any atom is -0.494 e. The smallest absolute Gasteiger partial charge is 0.274 e. The average molecular weight is 376 g/mol. The Bertz CT molecular complexity index is 943. The van der Waals surface area contributed by atoms with Crippen molar-refractivity contribution < 1.29 is 14.3 Å². The van der Waals surface area contributed by atoms with E-state index in [4.69, 9.17) is 4.74 Å². The molecule has 2 heterocycles. The van der Waals surface area contributed by atoms with Gasteiger partial charge in [0.15, 0.2) is 0 Å². The summed E-state index contributed by atoms with van der Waals surface area (Å²) in [6.45, 7) is 2.83.